The molecule has 6 heavy (non-hydrogen) atoms. The van der Waals surface area contributed by atoms with Gasteiger partial charge in [0.05, 0.1) is 6.10 Å². The SMILES string of the molecule is CCC(O)CI. The highest BCUT2D eigenvalue weighted by Crippen LogP contribution is 1.93. The molecule has 0 aromatic heterocycles. The van der Waals surface area contributed by atoms with Crippen LogP contribution in [0.5, 0.6) is 0 Å². The lowest BCUT2D eigenvalue weighted by Gasteiger charge is -1.97. The molecule has 1 atom stereocenters. The molecule has 2 heteroatoms. The molecular formula is C4H9IO. The average molecular weight is 200 g/mol. The van der Waals surface area contributed by atoms with E-state index in [0.717, 1.165) is 10.8 Å². The minimum Gasteiger partial charge on any atom is -0.392 e. The van der Waals surface area contributed by atoms with Crippen LogP contribution in [0.1, 0.15) is 13.3 Å². The summed E-state index contributed by atoms with van der Waals surface area (Å²) in [6.07, 6.45) is 0.800. The minimum absolute atomic E-state index is 0.0781. The molecule has 0 fully saturated rings. The third kappa shape index (κ3) is 2.90. The van der Waals surface area contributed by atoms with Crippen LogP contribution in [0, 0.1) is 0 Å². The Hall–Kier alpha value is 0.690. The van der Waals surface area contributed by atoms with Gasteiger partial charge in [-0.1, -0.05) is 29.5 Å². The van der Waals surface area contributed by atoms with Crippen molar-refractivity contribution in [1.29, 1.82) is 0 Å². The van der Waals surface area contributed by atoms with Crippen molar-refractivity contribution in [2.75, 3.05) is 4.43 Å². The van der Waals surface area contributed by atoms with Gasteiger partial charge in [0.2, 0.25) is 0 Å². The molecule has 38 valence electrons. The largest absolute Gasteiger partial charge is 0.392 e. The summed E-state index contributed by atoms with van der Waals surface area (Å²) in [6.45, 7) is 1.98. The fraction of sp³-hybridized carbons (Fsp3) is 1.00. The molecular weight excluding hydrogens is 191 g/mol. The van der Waals surface area contributed by atoms with Gasteiger partial charge < -0.3 is 5.11 Å². The Morgan fingerprint density at radius 2 is 2.33 bits per heavy atom. The number of alkyl halides is 1. The maximum absolute atomic E-state index is 8.66. The van der Waals surface area contributed by atoms with Crippen molar-refractivity contribution in [2.45, 2.75) is 19.4 Å². The third-order valence-electron chi connectivity index (χ3n) is 0.649. The van der Waals surface area contributed by atoms with Crippen molar-refractivity contribution in [1.82, 2.24) is 0 Å². The molecule has 0 saturated heterocycles. The maximum atomic E-state index is 8.66. The number of halogens is 1. The summed E-state index contributed by atoms with van der Waals surface area (Å²) in [6, 6.07) is 0. The highest BCUT2D eigenvalue weighted by atomic mass is 127. The second-order valence-electron chi connectivity index (χ2n) is 1.22. The number of aliphatic hydroxyl groups excluding tert-OH is 1. The van der Waals surface area contributed by atoms with Crippen LogP contribution in [-0.4, -0.2) is 15.6 Å². The molecule has 0 aromatic carbocycles. The van der Waals surface area contributed by atoms with Gasteiger partial charge in [-0.2, -0.15) is 0 Å². The Labute approximate surface area is 51.9 Å². The number of hydrogen-bond donors (Lipinski definition) is 1. The van der Waals surface area contributed by atoms with Crippen LogP contribution in [0.15, 0.2) is 0 Å². The molecule has 0 aliphatic heterocycles. The highest BCUT2D eigenvalue weighted by Gasteiger charge is 1.92. The van der Waals surface area contributed by atoms with Crippen LogP contribution in [0.25, 0.3) is 0 Å². The monoisotopic (exact) mass is 200 g/mol. The topological polar surface area (TPSA) is 20.2 Å². The lowest BCUT2D eigenvalue weighted by atomic mass is 10.3. The first-order valence-corrected chi connectivity index (χ1v) is 3.57. The molecule has 0 bridgehead atoms. The first-order valence-electron chi connectivity index (χ1n) is 2.05. The fourth-order valence-electron chi connectivity index (χ4n) is 0.109. The van der Waals surface area contributed by atoms with Gasteiger partial charge in [0.25, 0.3) is 0 Å². The smallest absolute Gasteiger partial charge is 0.0627 e. The highest BCUT2D eigenvalue weighted by molar-refractivity contribution is 14.1. The maximum Gasteiger partial charge on any atom is 0.0627 e. The summed E-state index contributed by atoms with van der Waals surface area (Å²) in [5.41, 5.74) is 0. The molecule has 1 N–H and O–H groups in total. The Balaban J connectivity index is 2.75. The van der Waals surface area contributed by atoms with E-state index in [0.29, 0.717) is 0 Å². The molecule has 0 spiro atoms. The van der Waals surface area contributed by atoms with Crippen LogP contribution in [0.2, 0.25) is 0 Å². The van der Waals surface area contributed by atoms with E-state index < -0.39 is 0 Å². The summed E-state index contributed by atoms with van der Waals surface area (Å²) >= 11 is 2.16. The van der Waals surface area contributed by atoms with E-state index >= 15 is 0 Å². The van der Waals surface area contributed by atoms with Crippen molar-refractivity contribution in [3.05, 3.63) is 0 Å². The van der Waals surface area contributed by atoms with E-state index in [1.165, 1.54) is 0 Å². The summed E-state index contributed by atoms with van der Waals surface area (Å²) in [5.74, 6) is 0. The summed E-state index contributed by atoms with van der Waals surface area (Å²) in [4.78, 5) is 0. The molecule has 0 radical (unpaired) electrons. The molecule has 0 rings (SSSR count). The van der Waals surface area contributed by atoms with Gasteiger partial charge in [-0.05, 0) is 6.42 Å². The van der Waals surface area contributed by atoms with Crippen LogP contribution >= 0.6 is 22.6 Å². The molecule has 0 aliphatic carbocycles. The standard InChI is InChI=1S/C4H9IO/c1-2-4(6)3-5/h4,6H,2-3H2,1H3. The molecule has 0 heterocycles. The molecule has 0 saturated carbocycles. The van der Waals surface area contributed by atoms with Gasteiger partial charge in [0, 0.05) is 4.43 Å². The lowest BCUT2D eigenvalue weighted by Crippen LogP contribution is -2.03. The van der Waals surface area contributed by atoms with Crippen LogP contribution in [-0.2, 0) is 0 Å². The van der Waals surface area contributed by atoms with Gasteiger partial charge in [0.1, 0.15) is 0 Å². The molecule has 1 nitrogen and oxygen atoms in total. The van der Waals surface area contributed by atoms with Crippen molar-refractivity contribution >= 4 is 22.6 Å². The van der Waals surface area contributed by atoms with Gasteiger partial charge in [-0.25, -0.2) is 0 Å². The first-order chi connectivity index (χ1) is 2.81. The van der Waals surface area contributed by atoms with Crippen LogP contribution in [0.4, 0.5) is 0 Å². The second kappa shape index (κ2) is 3.87. The van der Waals surface area contributed by atoms with E-state index in [1.54, 1.807) is 0 Å². The zero-order valence-corrected chi connectivity index (χ0v) is 5.97. The Kier molecular flexibility index (Phi) is 4.31. The Morgan fingerprint density at radius 3 is 2.33 bits per heavy atom. The Morgan fingerprint density at radius 1 is 1.83 bits per heavy atom. The number of rotatable bonds is 2. The summed E-state index contributed by atoms with van der Waals surface area (Å²) in [5, 5.41) is 8.66. The third-order valence-corrected chi connectivity index (χ3v) is 1.67. The van der Waals surface area contributed by atoms with E-state index in [4.69, 9.17) is 5.11 Å². The second-order valence-corrected chi connectivity index (χ2v) is 2.10. The Bertz CT molecular complexity index is 26.7. The molecule has 0 amide bonds. The normalized spacial score (nSPS) is 14.5. The van der Waals surface area contributed by atoms with Crippen LogP contribution < -0.4 is 0 Å². The molecule has 0 aliphatic rings. The van der Waals surface area contributed by atoms with E-state index in [2.05, 4.69) is 22.6 Å². The lowest BCUT2D eigenvalue weighted by molar-refractivity contribution is 0.198. The van der Waals surface area contributed by atoms with E-state index in [-0.39, 0.29) is 6.10 Å². The van der Waals surface area contributed by atoms with Crippen molar-refractivity contribution in [3.8, 4) is 0 Å². The first kappa shape index (κ1) is 6.69. The summed E-state index contributed by atoms with van der Waals surface area (Å²) < 4.78 is 0.855. The van der Waals surface area contributed by atoms with Gasteiger partial charge in [0.15, 0.2) is 0 Å². The van der Waals surface area contributed by atoms with Crippen molar-refractivity contribution in [2.24, 2.45) is 0 Å². The zero-order valence-electron chi connectivity index (χ0n) is 3.82. The quantitative estimate of drug-likeness (QED) is 0.524. The van der Waals surface area contributed by atoms with E-state index in [9.17, 15) is 0 Å². The number of aliphatic hydroxyl groups is 1. The van der Waals surface area contributed by atoms with Gasteiger partial charge in [-0.15, -0.1) is 0 Å². The number of hydrogen-bond acceptors (Lipinski definition) is 1. The van der Waals surface area contributed by atoms with Crippen LogP contribution in [0.3, 0.4) is 0 Å². The fourth-order valence-corrected chi connectivity index (χ4v) is 0.732. The minimum atomic E-state index is -0.0781. The zero-order chi connectivity index (χ0) is 4.99. The van der Waals surface area contributed by atoms with E-state index in [1.807, 2.05) is 6.92 Å². The summed E-state index contributed by atoms with van der Waals surface area (Å²) in [7, 11) is 0. The predicted molar refractivity (Wildman–Crippen MR) is 35.2 cm³/mol. The average Bonchev–Trinajstić information content (AvgIpc) is 1.65. The van der Waals surface area contributed by atoms with Gasteiger partial charge in [-0.3, -0.25) is 0 Å². The molecule has 1 unspecified atom stereocenters. The molecule has 0 aromatic rings. The van der Waals surface area contributed by atoms with Gasteiger partial charge >= 0.3 is 0 Å². The van der Waals surface area contributed by atoms with Crippen molar-refractivity contribution < 1.29 is 5.11 Å². The van der Waals surface area contributed by atoms with Crippen molar-refractivity contribution in [3.63, 3.8) is 0 Å². The predicted octanol–water partition coefficient (Wildman–Crippen LogP) is 1.19.